The Labute approximate surface area is 185 Å². The predicted molar refractivity (Wildman–Crippen MR) is 123 cm³/mol. The van der Waals surface area contributed by atoms with Crippen LogP contribution in [-0.2, 0) is 9.47 Å². The molecule has 0 saturated heterocycles. The Morgan fingerprint density at radius 2 is 1.50 bits per heavy atom. The quantitative estimate of drug-likeness (QED) is 0.536. The summed E-state index contributed by atoms with van der Waals surface area (Å²) in [6.07, 6.45) is 0. The number of amidine groups is 2. The molecule has 0 unspecified atom stereocenters. The van der Waals surface area contributed by atoms with Crippen molar-refractivity contribution >= 4 is 46.6 Å². The van der Waals surface area contributed by atoms with E-state index in [2.05, 4.69) is 20.6 Å². The number of aliphatic imine (C=N–C) groups is 2. The Bertz CT molecular complexity index is 908. The number of halogens is 2. The number of ether oxygens (including phenoxy) is 2. The number of rotatable bonds is 6. The predicted octanol–water partition coefficient (Wildman–Crippen LogP) is 2.93. The minimum atomic E-state index is 0.0706. The van der Waals surface area contributed by atoms with Gasteiger partial charge in [-0.2, -0.15) is 0 Å². The molecular weight excluding hydrogens is 427 g/mol. The standard InChI is InChI=1S/2C10H12ClN3O/c11-7-2-1-3-8(4-7)13-5-9-6-15-10(12)14-9;11-8-3-1-2-4-9(8)13-5-7-6-15-10(12)14-7/h1-4,9,13H,5-6H2,(H2,12,14);1-4,7,13H,5-6H2,(H2,12,14)/t9-;7-/m00/s1. The Kier molecular flexibility index (Phi) is 7.87. The second kappa shape index (κ2) is 10.8. The van der Waals surface area contributed by atoms with E-state index in [4.69, 9.17) is 44.1 Å². The Balaban J connectivity index is 0.000000171. The number of anilines is 2. The smallest absolute Gasteiger partial charge is 0.282 e. The molecule has 2 atom stereocenters. The van der Waals surface area contributed by atoms with Crippen LogP contribution >= 0.6 is 23.2 Å². The molecule has 10 heteroatoms. The van der Waals surface area contributed by atoms with Crippen molar-refractivity contribution in [3.8, 4) is 0 Å². The largest absolute Gasteiger partial charge is 0.463 e. The van der Waals surface area contributed by atoms with E-state index in [0.29, 0.717) is 36.3 Å². The third kappa shape index (κ3) is 6.89. The van der Waals surface area contributed by atoms with Gasteiger partial charge in [-0.25, -0.2) is 9.98 Å². The summed E-state index contributed by atoms with van der Waals surface area (Å²) >= 11 is 11.8. The summed E-state index contributed by atoms with van der Waals surface area (Å²) in [5.74, 6) is 0. The van der Waals surface area contributed by atoms with Gasteiger partial charge in [0.05, 0.1) is 10.7 Å². The average molecular weight is 451 g/mol. The van der Waals surface area contributed by atoms with Crippen molar-refractivity contribution in [3.63, 3.8) is 0 Å². The van der Waals surface area contributed by atoms with Crippen molar-refractivity contribution in [2.24, 2.45) is 21.5 Å². The van der Waals surface area contributed by atoms with Gasteiger partial charge < -0.3 is 31.6 Å². The SMILES string of the molecule is NC1=N[C@@H](CNc2cccc(Cl)c2)CO1.NC1=N[C@@H](CNc2ccccc2Cl)CO1. The maximum absolute atomic E-state index is 5.98. The Morgan fingerprint density at radius 1 is 0.867 bits per heavy atom. The number of para-hydroxylation sites is 1. The molecule has 0 aliphatic carbocycles. The van der Waals surface area contributed by atoms with Crippen molar-refractivity contribution < 1.29 is 9.47 Å². The summed E-state index contributed by atoms with van der Waals surface area (Å²) in [4.78, 5) is 8.20. The van der Waals surface area contributed by atoms with Gasteiger partial charge in [-0.05, 0) is 30.3 Å². The van der Waals surface area contributed by atoms with E-state index in [0.717, 1.165) is 11.4 Å². The monoisotopic (exact) mass is 450 g/mol. The maximum atomic E-state index is 5.98. The van der Waals surface area contributed by atoms with Crippen LogP contribution in [0.15, 0.2) is 58.5 Å². The van der Waals surface area contributed by atoms with Crippen LogP contribution in [-0.4, -0.2) is 50.4 Å². The van der Waals surface area contributed by atoms with Crippen molar-refractivity contribution in [1.82, 2.24) is 0 Å². The van der Waals surface area contributed by atoms with Crippen molar-refractivity contribution in [2.45, 2.75) is 12.1 Å². The fraction of sp³-hybridized carbons (Fsp3) is 0.300. The van der Waals surface area contributed by atoms with E-state index in [1.807, 2.05) is 48.5 Å². The molecule has 0 fully saturated rings. The summed E-state index contributed by atoms with van der Waals surface area (Å²) in [7, 11) is 0. The number of benzene rings is 2. The van der Waals surface area contributed by atoms with Crippen LogP contribution in [0.4, 0.5) is 11.4 Å². The topological polar surface area (TPSA) is 119 Å². The van der Waals surface area contributed by atoms with Crippen LogP contribution in [0.25, 0.3) is 0 Å². The average Bonchev–Trinajstić information content (AvgIpc) is 3.34. The molecule has 8 nitrogen and oxygen atoms in total. The summed E-state index contributed by atoms with van der Waals surface area (Å²) in [6, 6.07) is 15.8. The van der Waals surface area contributed by atoms with Gasteiger partial charge in [0.15, 0.2) is 0 Å². The third-order valence-corrected chi connectivity index (χ3v) is 4.80. The normalized spacial score (nSPS) is 19.5. The molecule has 2 aliphatic rings. The number of hydrogen-bond donors (Lipinski definition) is 4. The van der Waals surface area contributed by atoms with E-state index < -0.39 is 0 Å². The van der Waals surface area contributed by atoms with Crippen LogP contribution < -0.4 is 22.1 Å². The third-order valence-electron chi connectivity index (χ3n) is 4.24. The fourth-order valence-corrected chi connectivity index (χ4v) is 3.14. The molecule has 30 heavy (non-hydrogen) atoms. The van der Waals surface area contributed by atoms with Crippen LogP contribution in [0.2, 0.25) is 10.0 Å². The van der Waals surface area contributed by atoms with Crippen LogP contribution in [0.5, 0.6) is 0 Å². The zero-order chi connectivity index (χ0) is 21.3. The van der Waals surface area contributed by atoms with Gasteiger partial charge in [0.1, 0.15) is 25.3 Å². The molecule has 2 aromatic carbocycles. The lowest BCUT2D eigenvalue weighted by Gasteiger charge is -2.09. The zero-order valence-electron chi connectivity index (χ0n) is 16.2. The number of hydrogen-bond acceptors (Lipinski definition) is 8. The first-order chi connectivity index (χ1) is 14.5. The minimum Gasteiger partial charge on any atom is -0.463 e. The van der Waals surface area contributed by atoms with Crippen molar-refractivity contribution in [2.75, 3.05) is 36.9 Å². The molecule has 2 aromatic rings. The van der Waals surface area contributed by atoms with Gasteiger partial charge >= 0.3 is 0 Å². The number of nitrogens with zero attached hydrogens (tertiary/aromatic N) is 2. The molecule has 160 valence electrons. The maximum Gasteiger partial charge on any atom is 0.282 e. The van der Waals surface area contributed by atoms with Gasteiger partial charge in [0, 0.05) is 23.8 Å². The van der Waals surface area contributed by atoms with Crippen molar-refractivity contribution in [1.29, 1.82) is 0 Å². The second-order valence-corrected chi connectivity index (χ2v) is 7.46. The van der Waals surface area contributed by atoms with Gasteiger partial charge in [-0.3, -0.25) is 0 Å². The van der Waals surface area contributed by atoms with Crippen LogP contribution in [0.3, 0.4) is 0 Å². The molecule has 0 radical (unpaired) electrons. The molecule has 0 aromatic heterocycles. The molecule has 0 amide bonds. The highest BCUT2D eigenvalue weighted by Crippen LogP contribution is 2.20. The van der Waals surface area contributed by atoms with E-state index in [9.17, 15) is 0 Å². The summed E-state index contributed by atoms with van der Waals surface area (Å²) in [6.45, 7) is 2.44. The van der Waals surface area contributed by atoms with Crippen LogP contribution in [0, 0.1) is 0 Å². The first kappa shape index (κ1) is 21.9. The van der Waals surface area contributed by atoms with Crippen LogP contribution in [0.1, 0.15) is 0 Å². The van der Waals surface area contributed by atoms with Gasteiger partial charge in [0.2, 0.25) is 0 Å². The first-order valence-electron chi connectivity index (χ1n) is 9.39. The molecule has 0 spiro atoms. The summed E-state index contributed by atoms with van der Waals surface area (Å²) in [5.41, 5.74) is 12.7. The van der Waals surface area contributed by atoms with E-state index in [1.165, 1.54) is 0 Å². The molecular formula is C20H24Cl2N6O2. The molecule has 2 aliphatic heterocycles. The molecule has 6 N–H and O–H groups in total. The van der Waals surface area contributed by atoms with E-state index in [-0.39, 0.29) is 24.1 Å². The van der Waals surface area contributed by atoms with Gasteiger partial charge in [-0.15, -0.1) is 0 Å². The molecule has 0 saturated carbocycles. The lowest BCUT2D eigenvalue weighted by molar-refractivity contribution is 0.316. The fourth-order valence-electron chi connectivity index (χ4n) is 2.75. The highest BCUT2D eigenvalue weighted by atomic mass is 35.5. The molecule has 4 rings (SSSR count). The highest BCUT2D eigenvalue weighted by Gasteiger charge is 2.16. The lowest BCUT2D eigenvalue weighted by Crippen LogP contribution is -2.19. The lowest BCUT2D eigenvalue weighted by atomic mass is 10.3. The number of nitrogens with one attached hydrogen (secondary N) is 2. The summed E-state index contributed by atoms with van der Waals surface area (Å²) < 4.78 is 10.1. The molecule has 0 bridgehead atoms. The number of nitrogens with two attached hydrogens (primary N) is 2. The van der Waals surface area contributed by atoms with Gasteiger partial charge in [-0.1, -0.05) is 41.4 Å². The van der Waals surface area contributed by atoms with Gasteiger partial charge in [0.25, 0.3) is 12.0 Å². The summed E-state index contributed by atoms with van der Waals surface area (Å²) in [5, 5.41) is 7.84. The van der Waals surface area contributed by atoms with E-state index in [1.54, 1.807) is 0 Å². The minimum absolute atomic E-state index is 0.0706. The second-order valence-electron chi connectivity index (χ2n) is 6.62. The molecule has 2 heterocycles. The van der Waals surface area contributed by atoms with Crippen molar-refractivity contribution in [3.05, 3.63) is 58.6 Å². The highest BCUT2D eigenvalue weighted by molar-refractivity contribution is 6.33. The zero-order valence-corrected chi connectivity index (χ0v) is 17.7. The first-order valence-corrected chi connectivity index (χ1v) is 10.1. The Hall–Kier alpha value is -2.84. The van der Waals surface area contributed by atoms with E-state index >= 15 is 0 Å². The Morgan fingerprint density at radius 3 is 2.07 bits per heavy atom.